The van der Waals surface area contributed by atoms with Gasteiger partial charge < -0.3 is 30.6 Å². The molecule has 1 aliphatic rings. The topological polar surface area (TPSA) is 157 Å². The van der Waals surface area contributed by atoms with Crippen LogP contribution in [0.2, 0.25) is 0 Å². The number of aliphatic hydroxyl groups excluding tert-OH is 2. The Balaban J connectivity index is 2.28. The first-order valence-electron chi connectivity index (χ1n) is 8.81. The normalized spacial score (nSPS) is 18.9. The van der Waals surface area contributed by atoms with Gasteiger partial charge in [0.05, 0.1) is 12.7 Å². The molecule has 27 heavy (non-hydrogen) atoms. The van der Waals surface area contributed by atoms with E-state index in [1.165, 1.54) is 24.3 Å². The van der Waals surface area contributed by atoms with Gasteiger partial charge >= 0.3 is 0 Å². The Morgan fingerprint density at radius 1 is 1.04 bits per heavy atom. The number of hydrogen-bond acceptors (Lipinski definition) is 9. The fourth-order valence-corrected chi connectivity index (χ4v) is 2.91. The van der Waals surface area contributed by atoms with E-state index >= 15 is 0 Å². The lowest BCUT2D eigenvalue weighted by molar-refractivity contribution is -0.451. The summed E-state index contributed by atoms with van der Waals surface area (Å²) in [5.74, 6) is -8.36. The predicted octanol–water partition coefficient (Wildman–Crippen LogP) is -0.766. The Kier molecular flexibility index (Phi) is 7.43. The van der Waals surface area contributed by atoms with Crippen LogP contribution in [-0.2, 0) is 9.78 Å². The van der Waals surface area contributed by atoms with Crippen molar-refractivity contribution in [3.63, 3.8) is 0 Å². The van der Waals surface area contributed by atoms with Gasteiger partial charge in [0.1, 0.15) is 6.10 Å². The van der Waals surface area contributed by atoms with Crippen LogP contribution < -0.4 is 0 Å². The van der Waals surface area contributed by atoms with Gasteiger partial charge in [-0.05, 0) is 12.8 Å². The first-order valence-corrected chi connectivity index (χ1v) is 8.81. The number of hydrogen-bond donors (Lipinski definition) is 6. The number of Topliss-reactive ketones (excluding diaryl/α,β-unsaturated/α-hetero) is 1. The molecule has 1 saturated carbocycles. The minimum Gasteiger partial charge on any atom is -0.393 e. The van der Waals surface area contributed by atoms with Crippen molar-refractivity contribution in [2.75, 3.05) is 6.61 Å². The zero-order chi connectivity index (χ0) is 20.1. The van der Waals surface area contributed by atoms with Crippen LogP contribution in [0.15, 0.2) is 30.3 Å². The molecule has 0 bridgehead atoms. The maximum absolute atomic E-state index is 12.7. The second kappa shape index (κ2) is 9.18. The molecule has 1 fully saturated rings. The van der Waals surface area contributed by atoms with Gasteiger partial charge in [-0.15, -0.1) is 0 Å². The molecule has 0 heterocycles. The number of carbonyl (C=O) groups excluding carboxylic acids is 1. The summed E-state index contributed by atoms with van der Waals surface area (Å²) in [5.41, 5.74) is -0.00323. The Morgan fingerprint density at radius 2 is 1.63 bits per heavy atom. The predicted molar refractivity (Wildman–Crippen MR) is 91.0 cm³/mol. The van der Waals surface area contributed by atoms with Crippen molar-refractivity contribution in [1.82, 2.24) is 0 Å². The average Bonchev–Trinajstić information content (AvgIpc) is 2.68. The molecular weight excluding hydrogens is 360 g/mol. The molecule has 1 aromatic rings. The molecule has 9 nitrogen and oxygen atoms in total. The third kappa shape index (κ3) is 4.89. The summed E-state index contributed by atoms with van der Waals surface area (Å²) in [6.07, 6.45) is -1.01. The first-order chi connectivity index (χ1) is 12.7. The molecule has 1 aliphatic carbocycles. The van der Waals surface area contributed by atoms with E-state index in [0.717, 1.165) is 19.3 Å². The second-order valence-electron chi connectivity index (χ2n) is 6.71. The minimum absolute atomic E-state index is 0.00323. The van der Waals surface area contributed by atoms with Crippen molar-refractivity contribution in [3.8, 4) is 0 Å². The lowest BCUT2D eigenvalue weighted by atomic mass is 9.90. The van der Waals surface area contributed by atoms with E-state index in [9.17, 15) is 30.3 Å². The summed E-state index contributed by atoms with van der Waals surface area (Å²) in [6.45, 7) is -1.20. The summed E-state index contributed by atoms with van der Waals surface area (Å²) >= 11 is 0. The van der Waals surface area contributed by atoms with E-state index in [1.807, 2.05) is 0 Å². The molecule has 152 valence electrons. The summed E-state index contributed by atoms with van der Waals surface area (Å²) in [5, 5.41) is 59.1. The Labute approximate surface area is 156 Å². The molecule has 2 rings (SSSR count). The molecule has 0 aliphatic heterocycles. The highest BCUT2D eigenvalue weighted by Gasteiger charge is 2.61. The van der Waals surface area contributed by atoms with Crippen molar-refractivity contribution >= 4 is 5.78 Å². The molecule has 0 aromatic heterocycles. The third-order valence-corrected chi connectivity index (χ3v) is 4.68. The van der Waals surface area contributed by atoms with Gasteiger partial charge in [0, 0.05) is 5.56 Å². The van der Waals surface area contributed by atoms with Crippen molar-refractivity contribution in [2.24, 2.45) is 0 Å². The number of rotatable bonds is 9. The Hall–Kier alpha value is -1.43. The molecular formula is C18H26O9. The van der Waals surface area contributed by atoms with Crippen LogP contribution in [0, 0.1) is 0 Å². The van der Waals surface area contributed by atoms with Gasteiger partial charge in [-0.2, -0.15) is 0 Å². The SMILES string of the molecule is O=C(c1ccccc1)C(OOC1CCCCC1)C(O)(O)C(O)(O)C(O)CO. The van der Waals surface area contributed by atoms with E-state index in [0.29, 0.717) is 12.8 Å². The zero-order valence-corrected chi connectivity index (χ0v) is 14.8. The summed E-state index contributed by atoms with van der Waals surface area (Å²) < 4.78 is 0. The highest BCUT2D eigenvalue weighted by Crippen LogP contribution is 2.30. The van der Waals surface area contributed by atoms with Gasteiger partial charge in [0.15, 0.2) is 0 Å². The maximum Gasteiger partial charge on any atom is 0.259 e. The van der Waals surface area contributed by atoms with Gasteiger partial charge in [-0.3, -0.25) is 4.79 Å². The highest BCUT2D eigenvalue weighted by molar-refractivity contribution is 6.00. The van der Waals surface area contributed by atoms with Crippen LogP contribution in [0.4, 0.5) is 0 Å². The number of ketones is 1. The van der Waals surface area contributed by atoms with E-state index in [1.54, 1.807) is 6.07 Å². The second-order valence-corrected chi connectivity index (χ2v) is 6.71. The standard InChI is InChI=1S/C18H26O9/c19-11-14(20)17(22,23)18(24,25)16(15(21)12-7-3-1-4-8-12)27-26-13-9-5-2-6-10-13/h1,3-4,7-8,13-14,16,19-20,22-25H,2,5-6,9-11H2. The largest absolute Gasteiger partial charge is 0.393 e. The third-order valence-electron chi connectivity index (χ3n) is 4.68. The van der Waals surface area contributed by atoms with E-state index in [2.05, 4.69) is 0 Å². The Bertz CT molecular complexity index is 596. The fourth-order valence-electron chi connectivity index (χ4n) is 2.91. The van der Waals surface area contributed by atoms with Crippen LogP contribution in [-0.4, -0.2) is 72.9 Å². The number of benzene rings is 1. The molecule has 1 aromatic carbocycles. The molecule has 2 unspecified atom stereocenters. The van der Waals surface area contributed by atoms with Gasteiger partial charge in [0.25, 0.3) is 11.6 Å². The molecule has 6 N–H and O–H groups in total. The summed E-state index contributed by atoms with van der Waals surface area (Å²) in [4.78, 5) is 22.9. The molecule has 0 spiro atoms. The van der Waals surface area contributed by atoms with Crippen LogP contribution in [0.3, 0.4) is 0 Å². The molecule has 0 amide bonds. The first kappa shape index (κ1) is 21.9. The monoisotopic (exact) mass is 386 g/mol. The van der Waals surface area contributed by atoms with Gasteiger partial charge in [0.2, 0.25) is 11.9 Å². The fraction of sp³-hybridized carbons (Fsp3) is 0.611. The van der Waals surface area contributed by atoms with E-state index in [-0.39, 0.29) is 5.56 Å². The van der Waals surface area contributed by atoms with E-state index in [4.69, 9.17) is 14.9 Å². The van der Waals surface area contributed by atoms with Crippen LogP contribution in [0.5, 0.6) is 0 Å². The Morgan fingerprint density at radius 3 is 2.19 bits per heavy atom. The quantitative estimate of drug-likeness (QED) is 0.139. The van der Waals surface area contributed by atoms with Crippen molar-refractivity contribution in [3.05, 3.63) is 35.9 Å². The molecule has 0 saturated heterocycles. The lowest BCUT2D eigenvalue weighted by Gasteiger charge is -2.40. The molecule has 9 heteroatoms. The highest BCUT2D eigenvalue weighted by atomic mass is 17.2. The average molecular weight is 386 g/mol. The number of carbonyl (C=O) groups is 1. The zero-order valence-electron chi connectivity index (χ0n) is 14.8. The minimum atomic E-state index is -3.68. The van der Waals surface area contributed by atoms with E-state index < -0.39 is 42.3 Å². The van der Waals surface area contributed by atoms with Crippen molar-refractivity contribution in [2.45, 2.75) is 62.0 Å². The lowest BCUT2D eigenvalue weighted by Crippen LogP contribution is -2.69. The van der Waals surface area contributed by atoms with Crippen LogP contribution in [0.1, 0.15) is 42.5 Å². The molecule has 2 atom stereocenters. The van der Waals surface area contributed by atoms with Gasteiger partial charge in [-0.25, -0.2) is 9.78 Å². The van der Waals surface area contributed by atoms with Crippen molar-refractivity contribution < 1.29 is 45.2 Å². The van der Waals surface area contributed by atoms with Crippen molar-refractivity contribution in [1.29, 1.82) is 0 Å². The summed E-state index contributed by atoms with van der Waals surface area (Å²) in [7, 11) is 0. The van der Waals surface area contributed by atoms with Gasteiger partial charge in [-0.1, -0.05) is 49.6 Å². The maximum atomic E-state index is 12.7. The smallest absolute Gasteiger partial charge is 0.259 e. The molecule has 0 radical (unpaired) electrons. The van der Waals surface area contributed by atoms with Crippen LogP contribution in [0.25, 0.3) is 0 Å². The summed E-state index contributed by atoms with van der Waals surface area (Å²) in [6, 6.07) is 7.42. The van der Waals surface area contributed by atoms with Crippen LogP contribution >= 0.6 is 0 Å². The number of aliphatic hydroxyl groups is 6.